The van der Waals surface area contributed by atoms with Crippen LogP contribution in [0.3, 0.4) is 0 Å². The first-order valence-electron chi connectivity index (χ1n) is 5.49. The molecule has 0 aliphatic carbocycles. The van der Waals surface area contributed by atoms with Crippen molar-refractivity contribution in [3.8, 4) is 0 Å². The average Bonchev–Trinajstić information content (AvgIpc) is 2.20. The Labute approximate surface area is 101 Å². The average molecular weight is 241 g/mol. The number of halogens is 1. The van der Waals surface area contributed by atoms with Crippen LogP contribution < -0.4 is 5.32 Å². The van der Waals surface area contributed by atoms with Crippen LogP contribution in [0.4, 0.5) is 0 Å². The summed E-state index contributed by atoms with van der Waals surface area (Å²) in [6.07, 6.45) is 3.35. The Bertz CT molecular complexity index is 350. The Kier molecular flexibility index (Phi) is 3.42. The SMILES string of the molecule is CC1(C)CN(Cc2cnc(Cl)cn2)CCN1. The molecule has 1 aliphatic rings. The minimum absolute atomic E-state index is 0.179. The molecule has 16 heavy (non-hydrogen) atoms. The van der Waals surface area contributed by atoms with Crippen LogP contribution in [0.2, 0.25) is 5.15 Å². The maximum absolute atomic E-state index is 5.70. The Balaban J connectivity index is 1.97. The van der Waals surface area contributed by atoms with E-state index in [-0.39, 0.29) is 5.54 Å². The largest absolute Gasteiger partial charge is 0.309 e. The molecule has 88 valence electrons. The number of piperazine rings is 1. The highest BCUT2D eigenvalue weighted by Gasteiger charge is 2.25. The zero-order valence-corrected chi connectivity index (χ0v) is 10.5. The van der Waals surface area contributed by atoms with Gasteiger partial charge in [-0.15, -0.1) is 0 Å². The standard InChI is InChI=1S/C11H17ClN4/c1-11(2)8-16(4-3-15-11)7-9-5-14-10(12)6-13-9/h5-6,15H,3-4,7-8H2,1-2H3. The van der Waals surface area contributed by atoms with Crippen LogP contribution in [0.1, 0.15) is 19.5 Å². The lowest BCUT2D eigenvalue weighted by atomic mass is 10.0. The highest BCUT2D eigenvalue weighted by molar-refractivity contribution is 6.29. The van der Waals surface area contributed by atoms with Crippen LogP contribution in [-0.2, 0) is 6.54 Å². The van der Waals surface area contributed by atoms with Gasteiger partial charge in [-0.1, -0.05) is 11.6 Å². The molecular weight excluding hydrogens is 224 g/mol. The zero-order chi connectivity index (χ0) is 11.6. The van der Waals surface area contributed by atoms with E-state index in [4.69, 9.17) is 11.6 Å². The summed E-state index contributed by atoms with van der Waals surface area (Å²) in [6.45, 7) is 8.37. The second kappa shape index (κ2) is 4.65. The first-order chi connectivity index (χ1) is 7.55. The van der Waals surface area contributed by atoms with Crippen molar-refractivity contribution in [1.29, 1.82) is 0 Å². The van der Waals surface area contributed by atoms with Crippen molar-refractivity contribution in [3.63, 3.8) is 0 Å². The number of aromatic nitrogens is 2. The maximum atomic E-state index is 5.70. The van der Waals surface area contributed by atoms with Crippen molar-refractivity contribution >= 4 is 11.6 Å². The Morgan fingerprint density at radius 3 is 2.88 bits per heavy atom. The number of nitrogens with one attached hydrogen (secondary N) is 1. The fourth-order valence-electron chi connectivity index (χ4n) is 2.03. The highest BCUT2D eigenvalue weighted by atomic mass is 35.5. The number of rotatable bonds is 2. The van der Waals surface area contributed by atoms with Gasteiger partial charge in [0.15, 0.2) is 0 Å². The van der Waals surface area contributed by atoms with Crippen molar-refractivity contribution in [1.82, 2.24) is 20.2 Å². The zero-order valence-electron chi connectivity index (χ0n) is 9.70. The van der Waals surface area contributed by atoms with Crippen LogP contribution in [0.15, 0.2) is 12.4 Å². The van der Waals surface area contributed by atoms with Gasteiger partial charge in [0.25, 0.3) is 0 Å². The molecule has 0 aromatic carbocycles. The molecule has 2 heterocycles. The molecule has 0 radical (unpaired) electrons. The summed E-state index contributed by atoms with van der Waals surface area (Å²) >= 11 is 5.70. The third-order valence-corrected chi connectivity index (χ3v) is 2.91. The van der Waals surface area contributed by atoms with E-state index in [1.807, 2.05) is 0 Å². The summed E-state index contributed by atoms with van der Waals surface area (Å²) < 4.78 is 0. The summed E-state index contributed by atoms with van der Waals surface area (Å²) in [4.78, 5) is 10.7. The fourth-order valence-corrected chi connectivity index (χ4v) is 2.13. The summed E-state index contributed by atoms with van der Waals surface area (Å²) in [5.41, 5.74) is 1.15. The molecule has 0 bridgehead atoms. The van der Waals surface area contributed by atoms with Gasteiger partial charge in [-0.3, -0.25) is 9.88 Å². The van der Waals surface area contributed by atoms with E-state index >= 15 is 0 Å². The summed E-state index contributed by atoms with van der Waals surface area (Å²) in [5, 5.41) is 3.93. The lowest BCUT2D eigenvalue weighted by Gasteiger charge is -2.38. The minimum Gasteiger partial charge on any atom is -0.309 e. The highest BCUT2D eigenvalue weighted by Crippen LogP contribution is 2.12. The lowest BCUT2D eigenvalue weighted by molar-refractivity contribution is 0.147. The quantitative estimate of drug-likeness (QED) is 0.847. The Morgan fingerprint density at radius 1 is 1.44 bits per heavy atom. The fraction of sp³-hybridized carbons (Fsp3) is 0.636. The lowest BCUT2D eigenvalue weighted by Crippen LogP contribution is -2.56. The smallest absolute Gasteiger partial charge is 0.147 e. The van der Waals surface area contributed by atoms with Gasteiger partial charge in [-0.2, -0.15) is 0 Å². The molecule has 4 nitrogen and oxygen atoms in total. The monoisotopic (exact) mass is 240 g/mol. The van der Waals surface area contributed by atoms with Crippen LogP contribution in [0.5, 0.6) is 0 Å². The molecule has 1 aromatic heterocycles. The van der Waals surface area contributed by atoms with Crippen LogP contribution >= 0.6 is 11.6 Å². The number of hydrogen-bond acceptors (Lipinski definition) is 4. The number of hydrogen-bond donors (Lipinski definition) is 1. The van der Waals surface area contributed by atoms with Gasteiger partial charge in [0.05, 0.1) is 18.1 Å². The topological polar surface area (TPSA) is 41.1 Å². The maximum Gasteiger partial charge on any atom is 0.147 e. The molecule has 0 amide bonds. The van der Waals surface area contributed by atoms with Gasteiger partial charge in [-0.25, -0.2) is 4.98 Å². The molecule has 1 fully saturated rings. The van der Waals surface area contributed by atoms with E-state index in [1.165, 1.54) is 0 Å². The van der Waals surface area contributed by atoms with Gasteiger partial charge < -0.3 is 5.32 Å². The van der Waals surface area contributed by atoms with Crippen molar-refractivity contribution in [2.45, 2.75) is 25.9 Å². The Hall–Kier alpha value is -0.710. The molecule has 1 aliphatic heterocycles. The van der Waals surface area contributed by atoms with Crippen molar-refractivity contribution in [2.75, 3.05) is 19.6 Å². The second-order valence-corrected chi connectivity index (χ2v) is 5.24. The van der Waals surface area contributed by atoms with E-state index < -0.39 is 0 Å². The van der Waals surface area contributed by atoms with E-state index in [9.17, 15) is 0 Å². The normalized spacial score (nSPS) is 20.9. The molecule has 5 heteroatoms. The Morgan fingerprint density at radius 2 is 2.25 bits per heavy atom. The van der Waals surface area contributed by atoms with Crippen molar-refractivity contribution < 1.29 is 0 Å². The molecular formula is C11H17ClN4. The van der Waals surface area contributed by atoms with Crippen molar-refractivity contribution in [2.24, 2.45) is 0 Å². The van der Waals surface area contributed by atoms with Gasteiger partial charge in [0.1, 0.15) is 5.15 Å². The first kappa shape index (κ1) is 11.8. The van der Waals surface area contributed by atoms with Gasteiger partial charge in [0, 0.05) is 31.7 Å². The van der Waals surface area contributed by atoms with Crippen molar-refractivity contribution in [3.05, 3.63) is 23.2 Å². The van der Waals surface area contributed by atoms with Crippen LogP contribution in [-0.4, -0.2) is 40.0 Å². The molecule has 0 atom stereocenters. The molecule has 0 saturated carbocycles. The molecule has 2 rings (SSSR count). The minimum atomic E-state index is 0.179. The molecule has 1 N–H and O–H groups in total. The van der Waals surface area contributed by atoms with Gasteiger partial charge >= 0.3 is 0 Å². The summed E-state index contributed by atoms with van der Waals surface area (Å²) in [7, 11) is 0. The predicted molar refractivity (Wildman–Crippen MR) is 64.4 cm³/mol. The summed E-state index contributed by atoms with van der Waals surface area (Å²) in [5.74, 6) is 0. The second-order valence-electron chi connectivity index (χ2n) is 4.85. The molecule has 1 saturated heterocycles. The number of nitrogens with zero attached hydrogens (tertiary/aromatic N) is 3. The van der Waals surface area contributed by atoms with Gasteiger partial charge in [-0.05, 0) is 13.8 Å². The van der Waals surface area contributed by atoms with E-state index in [1.54, 1.807) is 12.4 Å². The third-order valence-electron chi connectivity index (χ3n) is 2.71. The van der Waals surface area contributed by atoms with Gasteiger partial charge in [0.2, 0.25) is 0 Å². The molecule has 1 aromatic rings. The molecule has 0 spiro atoms. The predicted octanol–water partition coefficient (Wildman–Crippen LogP) is 1.31. The van der Waals surface area contributed by atoms with E-state index in [0.29, 0.717) is 5.15 Å². The van der Waals surface area contributed by atoms with Crippen LogP contribution in [0, 0.1) is 0 Å². The van der Waals surface area contributed by atoms with E-state index in [2.05, 4.69) is 34.0 Å². The third kappa shape index (κ3) is 3.14. The summed E-state index contributed by atoms with van der Waals surface area (Å²) in [6, 6.07) is 0. The van der Waals surface area contributed by atoms with Crippen LogP contribution in [0.25, 0.3) is 0 Å². The van der Waals surface area contributed by atoms with E-state index in [0.717, 1.165) is 31.9 Å². The first-order valence-corrected chi connectivity index (χ1v) is 5.87. The molecule has 0 unspecified atom stereocenters.